The van der Waals surface area contributed by atoms with Crippen molar-refractivity contribution >= 4 is 17.5 Å². The number of hydrogen-bond acceptors (Lipinski definition) is 3. The first-order valence-corrected chi connectivity index (χ1v) is 3.82. The van der Waals surface area contributed by atoms with Gasteiger partial charge >= 0.3 is 6.41 Å². The molecule has 1 aromatic carbocycles. The van der Waals surface area contributed by atoms with Crippen LogP contribution >= 0.6 is 0 Å². The van der Waals surface area contributed by atoms with Gasteiger partial charge in [0.1, 0.15) is 5.52 Å². The van der Waals surface area contributed by atoms with E-state index in [4.69, 9.17) is 4.42 Å². The van der Waals surface area contributed by atoms with Crippen LogP contribution in [0.25, 0.3) is 11.1 Å². The first-order chi connectivity index (χ1) is 6.40. The second-order valence-corrected chi connectivity index (χ2v) is 2.61. The molecule has 0 aliphatic carbocycles. The molecule has 4 nitrogen and oxygen atoms in total. The summed E-state index contributed by atoms with van der Waals surface area (Å²) in [5.41, 5.74) is 2.52. The van der Waals surface area contributed by atoms with E-state index in [0.29, 0.717) is 6.54 Å². The molecule has 0 saturated heterocycles. The van der Waals surface area contributed by atoms with Gasteiger partial charge in [0.25, 0.3) is 0 Å². The van der Waals surface area contributed by atoms with Gasteiger partial charge < -0.3 is 9.73 Å². The SMILES string of the molecule is O=[C]NCc1ccc2ocnc2c1. The minimum Gasteiger partial charge on any atom is -0.443 e. The number of carbonyl (C=O) groups excluding carboxylic acids is 1. The largest absolute Gasteiger partial charge is 0.443 e. The molecule has 0 spiro atoms. The Labute approximate surface area is 74.6 Å². The van der Waals surface area contributed by atoms with Crippen molar-refractivity contribution in [2.45, 2.75) is 6.54 Å². The topological polar surface area (TPSA) is 55.1 Å². The lowest BCUT2D eigenvalue weighted by atomic mass is 10.2. The number of nitrogens with zero attached hydrogens (tertiary/aromatic N) is 1. The standard InChI is InChI=1S/C9H7N2O2/c12-5-10-4-7-1-2-9-8(3-7)11-6-13-9/h1-3,6H,4H2,(H,10,12). The van der Waals surface area contributed by atoms with E-state index in [1.807, 2.05) is 18.2 Å². The van der Waals surface area contributed by atoms with Crippen LogP contribution in [0, 0.1) is 0 Å². The second kappa shape index (κ2) is 3.26. The highest BCUT2D eigenvalue weighted by molar-refractivity contribution is 5.72. The van der Waals surface area contributed by atoms with Crippen molar-refractivity contribution < 1.29 is 9.21 Å². The predicted octanol–water partition coefficient (Wildman–Crippen LogP) is 0.985. The summed E-state index contributed by atoms with van der Waals surface area (Å²) in [7, 11) is 0. The van der Waals surface area contributed by atoms with E-state index < -0.39 is 0 Å². The number of fused-ring (bicyclic) bond motifs is 1. The lowest BCUT2D eigenvalue weighted by molar-refractivity contribution is 0.542. The van der Waals surface area contributed by atoms with Gasteiger partial charge in [-0.25, -0.2) is 4.98 Å². The Morgan fingerprint density at radius 3 is 3.31 bits per heavy atom. The van der Waals surface area contributed by atoms with E-state index >= 15 is 0 Å². The molecule has 0 aliphatic heterocycles. The summed E-state index contributed by atoms with van der Waals surface area (Å²) in [5.74, 6) is 0. The van der Waals surface area contributed by atoms with Crippen molar-refractivity contribution in [1.29, 1.82) is 0 Å². The molecule has 0 bridgehead atoms. The Bertz CT molecular complexity index is 422. The minimum atomic E-state index is 0.465. The van der Waals surface area contributed by atoms with E-state index in [1.54, 1.807) is 6.41 Å². The van der Waals surface area contributed by atoms with Crippen LogP contribution in [-0.4, -0.2) is 11.4 Å². The highest BCUT2D eigenvalue weighted by atomic mass is 16.3. The van der Waals surface area contributed by atoms with Crippen LogP contribution in [0.4, 0.5) is 0 Å². The molecule has 65 valence electrons. The number of oxazole rings is 1. The van der Waals surface area contributed by atoms with Crippen molar-refractivity contribution in [3.8, 4) is 0 Å². The summed E-state index contributed by atoms with van der Waals surface area (Å²) in [6.07, 6.45) is 3.01. The van der Waals surface area contributed by atoms with Crippen LogP contribution < -0.4 is 5.32 Å². The van der Waals surface area contributed by atoms with Crippen molar-refractivity contribution in [2.75, 3.05) is 0 Å². The molecule has 4 heteroatoms. The highest BCUT2D eigenvalue weighted by Gasteiger charge is 1.99. The molecule has 1 radical (unpaired) electrons. The highest BCUT2D eigenvalue weighted by Crippen LogP contribution is 2.13. The van der Waals surface area contributed by atoms with Crippen LogP contribution in [0.2, 0.25) is 0 Å². The summed E-state index contributed by atoms with van der Waals surface area (Å²) in [6.45, 7) is 0.465. The molecule has 1 amide bonds. The fourth-order valence-corrected chi connectivity index (χ4v) is 1.15. The molecule has 0 unspecified atom stereocenters. The molecule has 2 aromatic rings. The maximum Gasteiger partial charge on any atom is 0.309 e. The fraction of sp³-hybridized carbons (Fsp3) is 0.111. The summed E-state index contributed by atoms with van der Waals surface area (Å²) >= 11 is 0. The number of nitrogens with one attached hydrogen (secondary N) is 1. The Morgan fingerprint density at radius 2 is 2.46 bits per heavy atom. The summed E-state index contributed by atoms with van der Waals surface area (Å²) in [6, 6.07) is 5.56. The van der Waals surface area contributed by atoms with Crippen LogP contribution in [-0.2, 0) is 11.3 Å². The Hall–Kier alpha value is -1.84. The summed E-state index contributed by atoms with van der Waals surface area (Å²) in [4.78, 5) is 13.9. The quantitative estimate of drug-likeness (QED) is 0.707. The Balaban J connectivity index is 2.31. The summed E-state index contributed by atoms with van der Waals surface area (Å²) in [5, 5.41) is 2.46. The number of benzene rings is 1. The van der Waals surface area contributed by atoms with Crippen LogP contribution in [0.1, 0.15) is 5.56 Å². The van der Waals surface area contributed by atoms with Crippen LogP contribution in [0.5, 0.6) is 0 Å². The Kier molecular flexibility index (Phi) is 1.96. The van der Waals surface area contributed by atoms with Crippen molar-refractivity contribution in [3.63, 3.8) is 0 Å². The lowest BCUT2D eigenvalue weighted by Crippen LogP contribution is -2.09. The maximum atomic E-state index is 9.92. The zero-order valence-corrected chi connectivity index (χ0v) is 6.78. The molecule has 1 aromatic heterocycles. The molecule has 1 N–H and O–H groups in total. The third-order valence-electron chi connectivity index (χ3n) is 1.76. The van der Waals surface area contributed by atoms with Crippen molar-refractivity contribution in [2.24, 2.45) is 0 Å². The van der Waals surface area contributed by atoms with Gasteiger partial charge in [-0.15, -0.1) is 0 Å². The second-order valence-electron chi connectivity index (χ2n) is 2.61. The molecule has 0 atom stereocenters. The molecule has 0 aliphatic rings. The molecular weight excluding hydrogens is 168 g/mol. The molecule has 1 heterocycles. The predicted molar refractivity (Wildman–Crippen MR) is 46.5 cm³/mol. The van der Waals surface area contributed by atoms with E-state index in [2.05, 4.69) is 10.3 Å². The third kappa shape index (κ3) is 1.51. The number of hydrogen-bond donors (Lipinski definition) is 1. The van der Waals surface area contributed by atoms with Gasteiger partial charge in [-0.1, -0.05) is 6.07 Å². The first kappa shape index (κ1) is 7.79. The Morgan fingerprint density at radius 1 is 1.54 bits per heavy atom. The van der Waals surface area contributed by atoms with Gasteiger partial charge in [-0.3, -0.25) is 4.79 Å². The van der Waals surface area contributed by atoms with Crippen molar-refractivity contribution in [3.05, 3.63) is 30.2 Å². The van der Waals surface area contributed by atoms with E-state index in [9.17, 15) is 4.79 Å². The summed E-state index contributed by atoms with van der Waals surface area (Å²) < 4.78 is 5.07. The van der Waals surface area contributed by atoms with E-state index in [0.717, 1.165) is 16.7 Å². The zero-order valence-electron chi connectivity index (χ0n) is 6.78. The first-order valence-electron chi connectivity index (χ1n) is 3.82. The third-order valence-corrected chi connectivity index (χ3v) is 1.76. The number of amides is 1. The minimum absolute atomic E-state index is 0.465. The van der Waals surface area contributed by atoms with Gasteiger partial charge in [-0.2, -0.15) is 0 Å². The molecule has 0 fully saturated rings. The zero-order chi connectivity index (χ0) is 9.10. The van der Waals surface area contributed by atoms with Gasteiger partial charge in [-0.05, 0) is 17.7 Å². The van der Waals surface area contributed by atoms with Crippen LogP contribution in [0.3, 0.4) is 0 Å². The van der Waals surface area contributed by atoms with Gasteiger partial charge in [0.2, 0.25) is 0 Å². The van der Waals surface area contributed by atoms with Gasteiger partial charge in [0.05, 0.1) is 0 Å². The average molecular weight is 175 g/mol. The normalized spacial score (nSPS) is 10.2. The molecular formula is C9H7N2O2. The molecule has 2 rings (SSSR count). The fourth-order valence-electron chi connectivity index (χ4n) is 1.15. The number of aromatic nitrogens is 1. The van der Waals surface area contributed by atoms with E-state index in [1.165, 1.54) is 6.39 Å². The maximum absolute atomic E-state index is 9.92. The van der Waals surface area contributed by atoms with Gasteiger partial charge in [0, 0.05) is 6.54 Å². The van der Waals surface area contributed by atoms with Crippen molar-refractivity contribution in [1.82, 2.24) is 10.3 Å². The van der Waals surface area contributed by atoms with Crippen LogP contribution in [0.15, 0.2) is 29.0 Å². The van der Waals surface area contributed by atoms with E-state index in [-0.39, 0.29) is 0 Å². The lowest BCUT2D eigenvalue weighted by Gasteiger charge is -1.97. The monoisotopic (exact) mass is 175 g/mol. The average Bonchev–Trinajstić information content (AvgIpc) is 2.61. The van der Waals surface area contributed by atoms with Gasteiger partial charge in [0.15, 0.2) is 12.0 Å². The number of rotatable bonds is 3. The molecule has 13 heavy (non-hydrogen) atoms. The molecule has 0 saturated carbocycles. The smallest absolute Gasteiger partial charge is 0.309 e.